The lowest BCUT2D eigenvalue weighted by molar-refractivity contribution is 0.685. The molecule has 32 heavy (non-hydrogen) atoms. The molecule has 2 aromatic carbocycles. The molecular formula is C32H56. The Hall–Kier alpha value is -1.56. The smallest absolute Gasteiger partial charge is 0.0276 e. The van der Waals surface area contributed by atoms with Crippen LogP contribution in [0.25, 0.3) is 0 Å². The highest BCUT2D eigenvalue weighted by molar-refractivity contribution is 5.29. The molecule has 0 radical (unpaired) electrons. The average Bonchev–Trinajstić information content (AvgIpc) is 2.92. The van der Waals surface area contributed by atoms with E-state index >= 15 is 0 Å². The molecule has 0 unspecified atom stereocenters. The first kappa shape index (κ1) is 32.6. The van der Waals surface area contributed by atoms with Crippen molar-refractivity contribution < 1.29 is 0 Å². The maximum absolute atomic E-state index is 2.26. The van der Waals surface area contributed by atoms with Crippen molar-refractivity contribution in [2.75, 3.05) is 0 Å². The van der Waals surface area contributed by atoms with E-state index in [0.717, 1.165) is 0 Å². The van der Waals surface area contributed by atoms with Crippen LogP contribution in [0.2, 0.25) is 0 Å². The second kappa shape index (κ2) is 25.7. The highest BCUT2D eigenvalue weighted by Crippen LogP contribution is 2.20. The molecule has 0 saturated heterocycles. The Labute approximate surface area is 203 Å². The lowest BCUT2D eigenvalue weighted by Crippen LogP contribution is -2.00. The fraction of sp³-hybridized carbons (Fsp3) is 0.625. The number of fused-ring (bicyclic) bond motifs is 2. The second-order valence-corrected chi connectivity index (χ2v) is 7.95. The van der Waals surface area contributed by atoms with Gasteiger partial charge < -0.3 is 0 Å². The predicted molar refractivity (Wildman–Crippen MR) is 150 cm³/mol. The van der Waals surface area contributed by atoms with Crippen molar-refractivity contribution in [2.24, 2.45) is 0 Å². The molecule has 0 amide bonds. The van der Waals surface area contributed by atoms with Crippen LogP contribution in [0.3, 0.4) is 0 Å². The Morgan fingerprint density at radius 3 is 0.750 bits per heavy atom. The number of rotatable bonds is 2. The van der Waals surface area contributed by atoms with Gasteiger partial charge in [0.05, 0.1) is 0 Å². The zero-order chi connectivity index (χ0) is 24.5. The van der Waals surface area contributed by atoms with E-state index in [0.29, 0.717) is 0 Å². The third-order valence-corrected chi connectivity index (χ3v) is 5.52. The maximum atomic E-state index is 2.26. The van der Waals surface area contributed by atoms with Crippen LogP contribution in [0.4, 0.5) is 0 Å². The highest BCUT2D eigenvalue weighted by atomic mass is 14.1. The standard InChI is InChI=1S/2C10H12.2C4H10.2C2H6/c2*1-2-6-10-8-4-3-7-9(10)5-1;2*1-3-4-2;2*1-2/h2*1-2,5-6H,3-4,7-8H2;2*3-4H2,1-2H3;2*1-2H3. The predicted octanol–water partition coefficient (Wildman–Crippen LogP) is 10.8. The lowest BCUT2D eigenvalue weighted by Gasteiger charge is -2.13. The summed E-state index contributed by atoms with van der Waals surface area (Å²) in [5, 5.41) is 0. The summed E-state index contributed by atoms with van der Waals surface area (Å²) in [5.74, 6) is 0. The summed E-state index contributed by atoms with van der Waals surface area (Å²) >= 11 is 0. The maximum Gasteiger partial charge on any atom is -0.0276 e. The molecule has 0 spiro atoms. The molecule has 0 bridgehead atoms. The van der Waals surface area contributed by atoms with Gasteiger partial charge in [0.1, 0.15) is 0 Å². The summed E-state index contributed by atoms with van der Waals surface area (Å²) in [7, 11) is 0. The molecule has 0 saturated carbocycles. The van der Waals surface area contributed by atoms with Crippen LogP contribution in [0.15, 0.2) is 48.5 Å². The summed E-state index contributed by atoms with van der Waals surface area (Å²) in [6.45, 7) is 16.7. The van der Waals surface area contributed by atoms with Crippen LogP contribution >= 0.6 is 0 Å². The zero-order valence-electron chi connectivity index (χ0n) is 23.1. The minimum absolute atomic E-state index is 1.30. The van der Waals surface area contributed by atoms with Crippen molar-refractivity contribution in [1.82, 2.24) is 0 Å². The average molecular weight is 441 g/mol. The van der Waals surface area contributed by atoms with Crippen LogP contribution in [-0.4, -0.2) is 0 Å². The molecule has 0 heteroatoms. The molecule has 0 nitrogen and oxygen atoms in total. The molecule has 0 heterocycles. The highest BCUT2D eigenvalue weighted by Gasteiger charge is 2.06. The van der Waals surface area contributed by atoms with Gasteiger partial charge in [-0.05, 0) is 73.6 Å². The van der Waals surface area contributed by atoms with E-state index in [-0.39, 0.29) is 0 Å². The minimum atomic E-state index is 1.30. The molecule has 0 fully saturated rings. The third kappa shape index (κ3) is 16.1. The van der Waals surface area contributed by atoms with Crippen molar-refractivity contribution in [3.63, 3.8) is 0 Å². The summed E-state index contributed by atoms with van der Waals surface area (Å²) in [6.07, 6.45) is 16.0. The van der Waals surface area contributed by atoms with E-state index < -0.39 is 0 Å². The normalized spacial score (nSPS) is 12.5. The van der Waals surface area contributed by atoms with Crippen molar-refractivity contribution >= 4 is 0 Å². The Balaban J connectivity index is 0. The van der Waals surface area contributed by atoms with Crippen molar-refractivity contribution in [3.05, 3.63) is 70.8 Å². The largest absolute Gasteiger partial charge is 0.0683 e. The zero-order valence-corrected chi connectivity index (χ0v) is 23.1. The molecule has 0 aromatic heterocycles. The Bertz CT molecular complexity index is 501. The van der Waals surface area contributed by atoms with E-state index in [9.17, 15) is 0 Å². The molecule has 0 aliphatic heterocycles. The van der Waals surface area contributed by atoms with Crippen LogP contribution in [0.5, 0.6) is 0 Å². The third-order valence-electron chi connectivity index (χ3n) is 5.52. The van der Waals surface area contributed by atoms with Gasteiger partial charge in [-0.1, -0.05) is 130 Å². The van der Waals surface area contributed by atoms with Crippen LogP contribution in [0.1, 0.15) is 129 Å². The monoisotopic (exact) mass is 440 g/mol. The van der Waals surface area contributed by atoms with Gasteiger partial charge in [-0.25, -0.2) is 0 Å². The first-order chi connectivity index (χ1) is 15.8. The molecule has 0 N–H and O–H groups in total. The van der Waals surface area contributed by atoms with Crippen LogP contribution in [-0.2, 0) is 25.7 Å². The molecule has 184 valence electrons. The Morgan fingerprint density at radius 1 is 0.406 bits per heavy atom. The fourth-order valence-corrected chi connectivity index (χ4v) is 3.35. The van der Waals surface area contributed by atoms with Gasteiger partial charge in [0.15, 0.2) is 0 Å². The van der Waals surface area contributed by atoms with Gasteiger partial charge in [-0.2, -0.15) is 0 Å². The topological polar surface area (TPSA) is 0 Å². The minimum Gasteiger partial charge on any atom is -0.0683 e. The van der Waals surface area contributed by atoms with Crippen LogP contribution < -0.4 is 0 Å². The Kier molecular flexibility index (Phi) is 26.2. The fourth-order valence-electron chi connectivity index (χ4n) is 3.35. The number of aryl methyl sites for hydroxylation is 4. The molecular weight excluding hydrogens is 384 g/mol. The first-order valence-corrected chi connectivity index (χ1v) is 13.9. The van der Waals surface area contributed by atoms with Crippen molar-refractivity contribution in [1.29, 1.82) is 0 Å². The Morgan fingerprint density at radius 2 is 0.594 bits per heavy atom. The van der Waals surface area contributed by atoms with E-state index in [1.807, 2.05) is 27.7 Å². The molecule has 2 aliphatic rings. The molecule has 2 aliphatic carbocycles. The second-order valence-electron chi connectivity index (χ2n) is 7.95. The quantitative estimate of drug-likeness (QED) is 0.435. The summed E-state index contributed by atoms with van der Waals surface area (Å²) in [5.41, 5.74) is 6.31. The first-order valence-electron chi connectivity index (χ1n) is 13.9. The van der Waals surface area contributed by atoms with Crippen LogP contribution in [0, 0.1) is 0 Å². The lowest BCUT2D eigenvalue weighted by atomic mass is 9.92. The summed E-state index contributed by atoms with van der Waals surface area (Å²) < 4.78 is 0. The van der Waals surface area contributed by atoms with Gasteiger partial charge in [0.2, 0.25) is 0 Å². The number of hydrogen-bond donors (Lipinski definition) is 0. The number of unbranched alkanes of at least 4 members (excludes halogenated alkanes) is 2. The summed E-state index contributed by atoms with van der Waals surface area (Å²) in [6, 6.07) is 17.6. The van der Waals surface area contributed by atoms with Gasteiger partial charge >= 0.3 is 0 Å². The number of benzene rings is 2. The van der Waals surface area contributed by atoms with Gasteiger partial charge in [0, 0.05) is 0 Å². The van der Waals surface area contributed by atoms with Crippen molar-refractivity contribution in [2.45, 2.75) is 132 Å². The van der Waals surface area contributed by atoms with Gasteiger partial charge in [0.25, 0.3) is 0 Å². The van der Waals surface area contributed by atoms with E-state index in [4.69, 9.17) is 0 Å². The summed E-state index contributed by atoms with van der Waals surface area (Å²) in [4.78, 5) is 0. The van der Waals surface area contributed by atoms with E-state index in [1.165, 1.54) is 77.0 Å². The van der Waals surface area contributed by atoms with E-state index in [1.54, 1.807) is 22.3 Å². The van der Waals surface area contributed by atoms with E-state index in [2.05, 4.69) is 76.2 Å². The van der Waals surface area contributed by atoms with Crippen molar-refractivity contribution in [3.8, 4) is 0 Å². The molecule has 0 atom stereocenters. The molecule has 2 aromatic rings. The van der Waals surface area contributed by atoms with Gasteiger partial charge in [-0.3, -0.25) is 0 Å². The number of hydrogen-bond acceptors (Lipinski definition) is 0. The van der Waals surface area contributed by atoms with Gasteiger partial charge in [-0.15, -0.1) is 0 Å². The molecule has 4 rings (SSSR count). The SMILES string of the molecule is CC.CC.CCCC.CCCC.c1ccc2c(c1)CCCC2.c1ccc2c(c1)CCCC2.